The summed E-state index contributed by atoms with van der Waals surface area (Å²) < 4.78 is 31.0. The van der Waals surface area contributed by atoms with E-state index in [-0.39, 0.29) is 21.4 Å². The van der Waals surface area contributed by atoms with E-state index in [1.807, 2.05) is 0 Å². The highest BCUT2D eigenvalue weighted by Crippen LogP contribution is 2.24. The van der Waals surface area contributed by atoms with Gasteiger partial charge in [0.05, 0.1) is 17.7 Å². The summed E-state index contributed by atoms with van der Waals surface area (Å²) in [6.45, 7) is 0. The fourth-order valence-electron chi connectivity index (χ4n) is 1.39. The molecule has 0 saturated carbocycles. The number of esters is 1. The summed E-state index contributed by atoms with van der Waals surface area (Å²) in [6, 6.07) is 3.78. The van der Waals surface area contributed by atoms with Crippen LogP contribution < -0.4 is 4.72 Å². The number of benzene rings is 1. The van der Waals surface area contributed by atoms with Crippen molar-refractivity contribution in [2.45, 2.75) is 4.90 Å². The first kappa shape index (κ1) is 14.3. The number of hydrogen-bond acceptors (Lipinski definition) is 6. The van der Waals surface area contributed by atoms with Crippen molar-refractivity contribution < 1.29 is 17.9 Å². The molecule has 0 aliphatic heterocycles. The van der Waals surface area contributed by atoms with Gasteiger partial charge in [-0.1, -0.05) is 11.6 Å². The zero-order chi connectivity index (χ0) is 14.8. The minimum Gasteiger partial charge on any atom is -0.465 e. The first-order valence-electron chi connectivity index (χ1n) is 5.20. The number of rotatable bonds is 4. The lowest BCUT2D eigenvalue weighted by atomic mass is 10.2. The summed E-state index contributed by atoms with van der Waals surface area (Å²) in [5.74, 6) is -0.734. The molecule has 2 aromatic rings. The molecule has 0 amide bonds. The van der Waals surface area contributed by atoms with Crippen molar-refractivity contribution in [3.8, 4) is 0 Å². The molecule has 1 aromatic carbocycles. The Hall–Kier alpha value is -2.13. The Kier molecular flexibility index (Phi) is 3.91. The van der Waals surface area contributed by atoms with E-state index in [2.05, 4.69) is 24.6 Å². The van der Waals surface area contributed by atoms with Gasteiger partial charge >= 0.3 is 5.97 Å². The summed E-state index contributed by atoms with van der Waals surface area (Å²) in [6.07, 6.45) is 1.14. The molecule has 0 aliphatic carbocycles. The Morgan fingerprint density at radius 3 is 2.80 bits per heavy atom. The van der Waals surface area contributed by atoms with Crippen LogP contribution in [-0.2, 0) is 14.8 Å². The third-order valence-electron chi connectivity index (χ3n) is 2.29. The van der Waals surface area contributed by atoms with Gasteiger partial charge in [-0.3, -0.25) is 0 Å². The highest BCUT2D eigenvalue weighted by Gasteiger charge is 2.21. The SMILES string of the molecule is COC(=O)c1ccc(Cl)c(S(=O)(=O)Nc2ncn[nH]2)c1. The molecular weight excluding hydrogens is 308 g/mol. The Balaban J connectivity index is 2.42. The Labute approximate surface area is 119 Å². The van der Waals surface area contributed by atoms with Crippen LogP contribution in [0, 0.1) is 0 Å². The molecule has 0 radical (unpaired) electrons. The maximum Gasteiger partial charge on any atom is 0.337 e. The lowest BCUT2D eigenvalue weighted by Gasteiger charge is -2.08. The first-order valence-corrected chi connectivity index (χ1v) is 7.06. The van der Waals surface area contributed by atoms with Gasteiger partial charge in [0.2, 0.25) is 5.95 Å². The average molecular weight is 317 g/mol. The number of halogens is 1. The highest BCUT2D eigenvalue weighted by molar-refractivity contribution is 7.92. The van der Waals surface area contributed by atoms with Crippen molar-refractivity contribution in [2.75, 3.05) is 11.8 Å². The van der Waals surface area contributed by atoms with Gasteiger partial charge in [0, 0.05) is 0 Å². The Morgan fingerprint density at radius 1 is 1.45 bits per heavy atom. The number of aromatic nitrogens is 3. The first-order chi connectivity index (χ1) is 9.44. The number of sulfonamides is 1. The average Bonchev–Trinajstić information content (AvgIpc) is 2.90. The number of H-pyrrole nitrogens is 1. The van der Waals surface area contributed by atoms with Gasteiger partial charge in [0.15, 0.2) is 0 Å². The minimum absolute atomic E-state index is 0.0373. The van der Waals surface area contributed by atoms with Gasteiger partial charge in [0.25, 0.3) is 10.0 Å². The molecule has 0 aliphatic rings. The molecule has 0 bridgehead atoms. The number of ether oxygens (including phenoxy) is 1. The number of hydrogen-bond donors (Lipinski definition) is 2. The van der Waals surface area contributed by atoms with Crippen LogP contribution in [0.2, 0.25) is 5.02 Å². The van der Waals surface area contributed by atoms with E-state index in [9.17, 15) is 13.2 Å². The Morgan fingerprint density at radius 2 is 2.20 bits per heavy atom. The number of methoxy groups -OCH3 is 1. The smallest absolute Gasteiger partial charge is 0.337 e. The number of carbonyl (C=O) groups is 1. The predicted molar refractivity (Wildman–Crippen MR) is 70.0 cm³/mol. The standard InChI is InChI=1S/C10H9ClN4O4S/c1-19-9(16)6-2-3-7(11)8(4-6)20(17,18)15-10-12-5-13-14-10/h2-5H,1H3,(H2,12,13,14,15). The Bertz CT molecular complexity index is 730. The van der Waals surface area contributed by atoms with Crippen LogP contribution in [0.4, 0.5) is 5.95 Å². The van der Waals surface area contributed by atoms with Crippen LogP contribution in [0.15, 0.2) is 29.4 Å². The molecule has 10 heteroatoms. The quantitative estimate of drug-likeness (QED) is 0.815. The van der Waals surface area contributed by atoms with Gasteiger partial charge in [-0.25, -0.2) is 23.0 Å². The lowest BCUT2D eigenvalue weighted by Crippen LogP contribution is -2.15. The number of nitrogens with one attached hydrogen (secondary N) is 2. The van der Waals surface area contributed by atoms with Crippen LogP contribution in [0.25, 0.3) is 0 Å². The second kappa shape index (κ2) is 5.47. The molecule has 0 unspecified atom stereocenters. The fourth-order valence-corrected chi connectivity index (χ4v) is 2.88. The van der Waals surface area contributed by atoms with Crippen molar-refractivity contribution in [3.05, 3.63) is 35.1 Å². The molecule has 0 atom stereocenters. The number of carbonyl (C=O) groups excluding carboxylic acids is 1. The molecule has 0 spiro atoms. The molecule has 1 aromatic heterocycles. The van der Waals surface area contributed by atoms with Crippen molar-refractivity contribution in [3.63, 3.8) is 0 Å². The number of aromatic amines is 1. The lowest BCUT2D eigenvalue weighted by molar-refractivity contribution is 0.0600. The van der Waals surface area contributed by atoms with Crippen molar-refractivity contribution in [1.29, 1.82) is 0 Å². The summed E-state index contributed by atoms with van der Waals surface area (Å²) in [4.78, 5) is 14.8. The van der Waals surface area contributed by atoms with E-state index < -0.39 is 16.0 Å². The maximum absolute atomic E-state index is 12.1. The van der Waals surface area contributed by atoms with E-state index in [1.165, 1.54) is 19.2 Å². The van der Waals surface area contributed by atoms with Crippen molar-refractivity contribution in [2.24, 2.45) is 0 Å². The van der Waals surface area contributed by atoms with Gasteiger partial charge in [-0.15, -0.1) is 0 Å². The number of nitrogens with zero attached hydrogens (tertiary/aromatic N) is 2. The van der Waals surface area contributed by atoms with Gasteiger partial charge in [-0.2, -0.15) is 10.1 Å². The van der Waals surface area contributed by atoms with E-state index in [1.54, 1.807) is 0 Å². The van der Waals surface area contributed by atoms with Gasteiger partial charge in [0.1, 0.15) is 11.2 Å². The van der Waals surface area contributed by atoms with Crippen LogP contribution in [0.1, 0.15) is 10.4 Å². The summed E-state index contributed by atoms with van der Waals surface area (Å²) in [7, 11) is -2.81. The molecule has 2 rings (SSSR count). The van der Waals surface area contributed by atoms with Crippen LogP contribution >= 0.6 is 11.6 Å². The van der Waals surface area contributed by atoms with Crippen LogP contribution in [0.5, 0.6) is 0 Å². The van der Waals surface area contributed by atoms with E-state index in [4.69, 9.17) is 11.6 Å². The van der Waals surface area contributed by atoms with Crippen molar-refractivity contribution in [1.82, 2.24) is 15.2 Å². The molecule has 1 heterocycles. The van der Waals surface area contributed by atoms with Gasteiger partial charge in [-0.05, 0) is 18.2 Å². The van der Waals surface area contributed by atoms with E-state index >= 15 is 0 Å². The summed E-state index contributed by atoms with van der Waals surface area (Å²) in [5, 5.41) is 5.82. The second-order valence-electron chi connectivity index (χ2n) is 3.58. The molecule has 8 nitrogen and oxygen atoms in total. The van der Waals surface area contributed by atoms with E-state index in [0.717, 1.165) is 12.4 Å². The zero-order valence-corrected chi connectivity index (χ0v) is 11.7. The topological polar surface area (TPSA) is 114 Å². The summed E-state index contributed by atoms with van der Waals surface area (Å²) >= 11 is 5.85. The van der Waals surface area contributed by atoms with Crippen LogP contribution in [0.3, 0.4) is 0 Å². The third-order valence-corrected chi connectivity index (χ3v) is 4.11. The second-order valence-corrected chi connectivity index (χ2v) is 5.63. The third kappa shape index (κ3) is 2.89. The van der Waals surface area contributed by atoms with Gasteiger partial charge < -0.3 is 4.74 Å². The van der Waals surface area contributed by atoms with Crippen molar-refractivity contribution >= 4 is 33.5 Å². The minimum atomic E-state index is -4.00. The molecular formula is C10H9ClN4O4S. The van der Waals surface area contributed by atoms with E-state index in [0.29, 0.717) is 0 Å². The maximum atomic E-state index is 12.1. The normalized spacial score (nSPS) is 11.1. The number of anilines is 1. The summed E-state index contributed by atoms with van der Waals surface area (Å²) in [5.41, 5.74) is 0.0647. The highest BCUT2D eigenvalue weighted by atomic mass is 35.5. The largest absolute Gasteiger partial charge is 0.465 e. The molecule has 2 N–H and O–H groups in total. The molecule has 0 fully saturated rings. The fraction of sp³-hybridized carbons (Fsp3) is 0.100. The zero-order valence-electron chi connectivity index (χ0n) is 10.1. The van der Waals surface area contributed by atoms with Crippen LogP contribution in [-0.4, -0.2) is 36.7 Å². The molecule has 20 heavy (non-hydrogen) atoms. The molecule has 106 valence electrons. The monoisotopic (exact) mass is 316 g/mol. The predicted octanol–water partition coefficient (Wildman–Crippen LogP) is 1.05. The molecule has 0 saturated heterocycles.